The van der Waals surface area contributed by atoms with E-state index in [0.29, 0.717) is 10.6 Å². The molecule has 2 amide bonds. The molecule has 0 unspecified atom stereocenters. The van der Waals surface area contributed by atoms with E-state index in [9.17, 15) is 18.0 Å². The normalized spacial score (nSPS) is 15.0. The Morgan fingerprint density at radius 3 is 2.29 bits per heavy atom. The van der Waals surface area contributed by atoms with Gasteiger partial charge >= 0.3 is 0 Å². The first-order valence-corrected chi connectivity index (χ1v) is 14.2. The van der Waals surface area contributed by atoms with Gasteiger partial charge in [0.2, 0.25) is 21.8 Å². The van der Waals surface area contributed by atoms with Gasteiger partial charge in [0.25, 0.3) is 0 Å². The van der Waals surface area contributed by atoms with Gasteiger partial charge in [0.1, 0.15) is 12.6 Å². The minimum absolute atomic E-state index is 0.0112. The number of anilines is 1. The summed E-state index contributed by atoms with van der Waals surface area (Å²) in [4.78, 5) is 28.0. The average Bonchev–Trinajstić information content (AvgIpc) is 3.30. The molecule has 2 aromatic rings. The third-order valence-electron chi connectivity index (χ3n) is 6.05. The van der Waals surface area contributed by atoms with Crippen molar-refractivity contribution >= 4 is 62.3 Å². The van der Waals surface area contributed by atoms with Gasteiger partial charge in [0.05, 0.1) is 22.0 Å². The van der Waals surface area contributed by atoms with Gasteiger partial charge in [-0.05, 0) is 43.5 Å². The summed E-state index contributed by atoms with van der Waals surface area (Å²) in [5.74, 6) is -0.885. The molecule has 0 spiro atoms. The number of nitrogens with zero attached hydrogens (tertiary/aromatic N) is 2. The highest BCUT2D eigenvalue weighted by molar-refractivity contribution is 7.92. The van der Waals surface area contributed by atoms with E-state index in [2.05, 4.69) is 5.32 Å². The molecule has 1 fully saturated rings. The van der Waals surface area contributed by atoms with Crippen LogP contribution in [0.2, 0.25) is 15.1 Å². The van der Waals surface area contributed by atoms with Crippen LogP contribution in [-0.2, 0) is 26.2 Å². The van der Waals surface area contributed by atoms with Crippen molar-refractivity contribution in [3.8, 4) is 0 Å². The highest BCUT2D eigenvalue weighted by Crippen LogP contribution is 2.34. The van der Waals surface area contributed by atoms with Gasteiger partial charge in [-0.1, -0.05) is 71.9 Å². The third-order valence-corrected chi connectivity index (χ3v) is 8.35. The molecule has 2 aromatic carbocycles. The molecule has 1 atom stereocenters. The lowest BCUT2D eigenvalue weighted by Gasteiger charge is -2.32. The fourth-order valence-corrected chi connectivity index (χ4v) is 5.56. The smallest absolute Gasteiger partial charge is 0.244 e. The molecule has 1 saturated carbocycles. The molecular weight excluding hydrogens is 533 g/mol. The lowest BCUT2D eigenvalue weighted by atomic mass is 10.1. The summed E-state index contributed by atoms with van der Waals surface area (Å²) < 4.78 is 26.2. The second kappa shape index (κ2) is 11.8. The van der Waals surface area contributed by atoms with Crippen molar-refractivity contribution < 1.29 is 18.0 Å². The summed E-state index contributed by atoms with van der Waals surface area (Å²) >= 11 is 18.7. The molecule has 0 aliphatic heterocycles. The number of hydrogen-bond donors (Lipinski definition) is 1. The van der Waals surface area contributed by atoms with Crippen LogP contribution in [0.25, 0.3) is 0 Å². The van der Waals surface area contributed by atoms with Crippen molar-refractivity contribution in [1.29, 1.82) is 0 Å². The van der Waals surface area contributed by atoms with Gasteiger partial charge in [0.15, 0.2) is 0 Å². The number of carbonyl (C=O) groups excluding carboxylic acids is 2. The first-order chi connectivity index (χ1) is 16.5. The molecule has 190 valence electrons. The second-order valence-corrected chi connectivity index (χ2v) is 11.7. The fourth-order valence-electron chi connectivity index (χ4n) is 4.06. The largest absolute Gasteiger partial charge is 0.352 e. The van der Waals surface area contributed by atoms with Crippen LogP contribution in [0.15, 0.2) is 42.5 Å². The molecule has 0 bridgehead atoms. The van der Waals surface area contributed by atoms with Gasteiger partial charge in [-0.3, -0.25) is 13.9 Å². The molecule has 1 aliphatic carbocycles. The van der Waals surface area contributed by atoms with E-state index in [-0.39, 0.29) is 34.2 Å². The minimum atomic E-state index is -3.92. The Kier molecular flexibility index (Phi) is 9.32. The number of rotatable bonds is 9. The standard InChI is InChI=1S/C24H28Cl3N3O4S/c1-16(24(32)28-18-9-4-5-10-18)29(14-17-8-3-6-11-19(17)25)22(31)15-30(35(2,33)34)21-13-7-12-20(26)23(21)27/h3,6-8,11-13,16,18H,4-5,9-10,14-15H2,1-2H3,(H,28,32)/t16-/m1/s1. The quantitative estimate of drug-likeness (QED) is 0.473. The maximum absolute atomic E-state index is 13.6. The second-order valence-electron chi connectivity index (χ2n) is 8.62. The number of carbonyl (C=O) groups is 2. The zero-order valence-electron chi connectivity index (χ0n) is 19.5. The van der Waals surface area contributed by atoms with Crippen molar-refractivity contribution in [2.24, 2.45) is 0 Å². The summed E-state index contributed by atoms with van der Waals surface area (Å²) in [5.41, 5.74) is 0.713. The van der Waals surface area contributed by atoms with E-state index < -0.39 is 28.5 Å². The molecule has 35 heavy (non-hydrogen) atoms. The first kappa shape index (κ1) is 27.6. The lowest BCUT2D eigenvalue weighted by Crippen LogP contribution is -2.52. The maximum Gasteiger partial charge on any atom is 0.244 e. The summed E-state index contributed by atoms with van der Waals surface area (Å²) in [6, 6.07) is 10.7. The Hall–Kier alpha value is -2.00. The summed E-state index contributed by atoms with van der Waals surface area (Å²) in [6.45, 7) is 1.08. The van der Waals surface area contributed by atoms with Crippen molar-refractivity contribution in [2.45, 2.75) is 51.2 Å². The summed E-state index contributed by atoms with van der Waals surface area (Å²) in [6.07, 6.45) is 4.86. The number of benzene rings is 2. The van der Waals surface area contributed by atoms with E-state index in [1.54, 1.807) is 37.3 Å². The molecule has 7 nitrogen and oxygen atoms in total. The Bertz CT molecular complexity index is 1190. The fraction of sp³-hybridized carbons (Fsp3) is 0.417. The number of halogens is 3. The van der Waals surface area contributed by atoms with Crippen LogP contribution in [0, 0.1) is 0 Å². The van der Waals surface area contributed by atoms with Crippen LogP contribution in [-0.4, -0.2) is 50.0 Å². The molecule has 0 aromatic heterocycles. The van der Waals surface area contributed by atoms with Crippen LogP contribution >= 0.6 is 34.8 Å². The highest BCUT2D eigenvalue weighted by Gasteiger charge is 2.32. The van der Waals surface area contributed by atoms with Gasteiger partial charge in [-0.25, -0.2) is 8.42 Å². The van der Waals surface area contributed by atoms with E-state index >= 15 is 0 Å². The molecule has 1 aliphatic rings. The molecular formula is C24H28Cl3N3O4S. The van der Waals surface area contributed by atoms with Crippen molar-refractivity contribution in [1.82, 2.24) is 10.2 Å². The van der Waals surface area contributed by atoms with Crippen molar-refractivity contribution in [3.05, 3.63) is 63.1 Å². The Balaban J connectivity index is 1.92. The van der Waals surface area contributed by atoms with Gasteiger partial charge < -0.3 is 10.2 Å². The molecule has 0 radical (unpaired) electrons. The molecule has 0 heterocycles. The van der Waals surface area contributed by atoms with Crippen molar-refractivity contribution in [3.63, 3.8) is 0 Å². The number of hydrogen-bond acceptors (Lipinski definition) is 4. The van der Waals surface area contributed by atoms with E-state index in [1.165, 1.54) is 17.0 Å². The number of sulfonamides is 1. The van der Waals surface area contributed by atoms with Crippen LogP contribution < -0.4 is 9.62 Å². The van der Waals surface area contributed by atoms with Crippen LogP contribution in [0.5, 0.6) is 0 Å². The zero-order chi connectivity index (χ0) is 25.8. The van der Waals surface area contributed by atoms with Gasteiger partial charge in [0, 0.05) is 17.6 Å². The Morgan fingerprint density at radius 2 is 1.66 bits per heavy atom. The van der Waals surface area contributed by atoms with E-state index in [4.69, 9.17) is 34.8 Å². The summed E-state index contributed by atoms with van der Waals surface area (Å²) in [5, 5.41) is 3.61. The van der Waals surface area contributed by atoms with Crippen molar-refractivity contribution in [2.75, 3.05) is 17.1 Å². The van der Waals surface area contributed by atoms with Crippen LogP contribution in [0.4, 0.5) is 5.69 Å². The topological polar surface area (TPSA) is 86.8 Å². The lowest BCUT2D eigenvalue weighted by molar-refractivity contribution is -0.139. The molecule has 1 N–H and O–H groups in total. The van der Waals surface area contributed by atoms with E-state index in [0.717, 1.165) is 36.2 Å². The zero-order valence-corrected chi connectivity index (χ0v) is 22.6. The molecule has 0 saturated heterocycles. The molecule has 11 heteroatoms. The average molecular weight is 561 g/mol. The Morgan fingerprint density at radius 1 is 1.03 bits per heavy atom. The molecule has 3 rings (SSSR count). The Labute approximate surface area is 221 Å². The highest BCUT2D eigenvalue weighted by atomic mass is 35.5. The van der Waals surface area contributed by atoms with E-state index in [1.807, 2.05) is 0 Å². The third kappa shape index (κ3) is 7.03. The van der Waals surface area contributed by atoms with Gasteiger partial charge in [-0.15, -0.1) is 0 Å². The minimum Gasteiger partial charge on any atom is -0.352 e. The maximum atomic E-state index is 13.6. The summed E-state index contributed by atoms with van der Waals surface area (Å²) in [7, 11) is -3.92. The first-order valence-electron chi connectivity index (χ1n) is 11.2. The van der Waals surface area contributed by atoms with Crippen LogP contribution in [0.1, 0.15) is 38.2 Å². The van der Waals surface area contributed by atoms with Crippen LogP contribution in [0.3, 0.4) is 0 Å². The predicted molar refractivity (Wildman–Crippen MR) is 141 cm³/mol. The van der Waals surface area contributed by atoms with Gasteiger partial charge in [-0.2, -0.15) is 0 Å². The SMILES string of the molecule is C[C@H](C(=O)NC1CCCC1)N(Cc1ccccc1Cl)C(=O)CN(c1cccc(Cl)c1Cl)S(C)(=O)=O. The number of amides is 2. The number of nitrogens with one attached hydrogen (secondary N) is 1. The monoisotopic (exact) mass is 559 g/mol. The predicted octanol–water partition coefficient (Wildman–Crippen LogP) is 4.89.